The molecule has 1 atom stereocenters. The third-order valence-electron chi connectivity index (χ3n) is 4.46. The van der Waals surface area contributed by atoms with Crippen molar-refractivity contribution in [2.24, 2.45) is 0 Å². The van der Waals surface area contributed by atoms with Crippen LogP contribution in [0.1, 0.15) is 28.6 Å². The van der Waals surface area contributed by atoms with Crippen LogP contribution in [0.4, 0.5) is 17.1 Å². The number of nitro benzene ring substituents is 1. The first kappa shape index (κ1) is 22.5. The highest BCUT2D eigenvalue weighted by molar-refractivity contribution is 8.00. The van der Waals surface area contributed by atoms with E-state index in [2.05, 4.69) is 10.6 Å². The lowest BCUT2D eigenvalue weighted by atomic mass is 10.1. The molecule has 1 heterocycles. The van der Waals surface area contributed by atoms with Crippen LogP contribution >= 0.6 is 23.1 Å². The van der Waals surface area contributed by atoms with E-state index in [0.717, 1.165) is 4.90 Å². The van der Waals surface area contributed by atoms with Crippen molar-refractivity contribution >= 4 is 52.0 Å². The summed E-state index contributed by atoms with van der Waals surface area (Å²) >= 11 is 2.77. The van der Waals surface area contributed by atoms with E-state index in [1.54, 1.807) is 25.1 Å². The van der Waals surface area contributed by atoms with Crippen LogP contribution in [0.15, 0.2) is 64.9 Å². The van der Waals surface area contributed by atoms with Crippen LogP contribution in [0.25, 0.3) is 0 Å². The molecule has 1 aromatic heterocycles. The Hall–Kier alpha value is -3.17. The monoisotopic (exact) mass is 455 g/mol. The van der Waals surface area contributed by atoms with Crippen LogP contribution in [0.5, 0.6) is 0 Å². The number of rotatable bonds is 8. The number of aryl methyl sites for hydroxylation is 1. The lowest BCUT2D eigenvalue weighted by Gasteiger charge is -2.16. The number of hydrogen-bond acceptors (Lipinski definition) is 6. The second-order valence-corrected chi connectivity index (χ2v) is 8.94. The molecule has 3 rings (SSSR count). The molecular formula is C22H21N3O4S2. The summed E-state index contributed by atoms with van der Waals surface area (Å²) in [5.74, 6) is -0.354. The Balaban J connectivity index is 1.67. The molecule has 9 heteroatoms. The number of nitro groups is 1. The third-order valence-corrected chi connectivity index (χ3v) is 6.68. The average molecular weight is 456 g/mol. The predicted octanol–water partition coefficient (Wildman–Crippen LogP) is 5.73. The van der Waals surface area contributed by atoms with Gasteiger partial charge < -0.3 is 10.6 Å². The number of carbonyl (C=O) groups excluding carboxylic acids is 2. The molecule has 31 heavy (non-hydrogen) atoms. The van der Waals surface area contributed by atoms with Crippen molar-refractivity contribution in [1.29, 1.82) is 0 Å². The van der Waals surface area contributed by atoms with Gasteiger partial charge in [-0.3, -0.25) is 19.7 Å². The Kier molecular flexibility index (Phi) is 7.43. The van der Waals surface area contributed by atoms with Crippen LogP contribution in [0.3, 0.4) is 0 Å². The maximum absolute atomic E-state index is 12.8. The second-order valence-electron chi connectivity index (χ2n) is 6.72. The second kappa shape index (κ2) is 10.2. The van der Waals surface area contributed by atoms with Gasteiger partial charge in [0.1, 0.15) is 0 Å². The van der Waals surface area contributed by atoms with Gasteiger partial charge in [0.25, 0.3) is 11.6 Å². The fourth-order valence-corrected chi connectivity index (χ4v) is 4.48. The van der Waals surface area contributed by atoms with Crippen LogP contribution < -0.4 is 10.6 Å². The van der Waals surface area contributed by atoms with Gasteiger partial charge in [0.2, 0.25) is 5.91 Å². The zero-order valence-corrected chi connectivity index (χ0v) is 18.6. The van der Waals surface area contributed by atoms with Crippen molar-refractivity contribution in [3.05, 3.63) is 80.5 Å². The summed E-state index contributed by atoms with van der Waals surface area (Å²) in [5, 5.41) is 18.1. The standard InChI is InChI=1S/C22H21N3O4S2/c1-3-19(21(26)24-18-10-9-16(25(28)29)12-14(18)2)31-17-7-4-6-15(13-17)23-22(27)20-8-5-11-30-20/h4-13,19H,3H2,1-2H3,(H,23,27)(H,24,26). The molecule has 3 aromatic rings. The van der Waals surface area contributed by atoms with Gasteiger partial charge in [-0.1, -0.05) is 19.1 Å². The summed E-state index contributed by atoms with van der Waals surface area (Å²) in [4.78, 5) is 37.0. The summed E-state index contributed by atoms with van der Waals surface area (Å²) in [6, 6.07) is 15.3. The van der Waals surface area contributed by atoms with Crippen molar-refractivity contribution in [1.82, 2.24) is 0 Å². The number of nitrogens with zero attached hydrogens (tertiary/aromatic N) is 1. The van der Waals surface area contributed by atoms with Crippen LogP contribution in [0, 0.1) is 17.0 Å². The normalized spacial score (nSPS) is 11.5. The van der Waals surface area contributed by atoms with Crippen LogP contribution in [-0.2, 0) is 4.79 Å². The Morgan fingerprint density at radius 3 is 2.58 bits per heavy atom. The zero-order valence-electron chi connectivity index (χ0n) is 17.0. The predicted molar refractivity (Wildman–Crippen MR) is 125 cm³/mol. The maximum Gasteiger partial charge on any atom is 0.269 e. The molecule has 2 aromatic carbocycles. The Bertz CT molecular complexity index is 1100. The highest BCUT2D eigenvalue weighted by Gasteiger charge is 2.20. The van der Waals surface area contributed by atoms with Crippen molar-refractivity contribution in [2.45, 2.75) is 30.4 Å². The van der Waals surface area contributed by atoms with E-state index in [4.69, 9.17) is 0 Å². The Morgan fingerprint density at radius 1 is 1.13 bits per heavy atom. The topological polar surface area (TPSA) is 101 Å². The molecule has 2 N–H and O–H groups in total. The number of benzene rings is 2. The fraction of sp³-hybridized carbons (Fsp3) is 0.182. The molecular weight excluding hydrogens is 434 g/mol. The number of thioether (sulfide) groups is 1. The molecule has 160 valence electrons. The molecule has 0 fully saturated rings. The van der Waals surface area contributed by atoms with E-state index in [-0.39, 0.29) is 22.8 Å². The fourth-order valence-electron chi connectivity index (χ4n) is 2.85. The van der Waals surface area contributed by atoms with Gasteiger partial charge in [-0.25, -0.2) is 0 Å². The first-order chi connectivity index (χ1) is 14.9. The number of carbonyl (C=O) groups is 2. The molecule has 0 bridgehead atoms. The molecule has 0 saturated carbocycles. The van der Waals surface area contributed by atoms with Gasteiger partial charge in [-0.15, -0.1) is 23.1 Å². The van der Waals surface area contributed by atoms with Gasteiger partial charge in [0.15, 0.2) is 0 Å². The third kappa shape index (κ3) is 5.93. The van der Waals surface area contributed by atoms with E-state index in [0.29, 0.717) is 28.2 Å². The lowest BCUT2D eigenvalue weighted by molar-refractivity contribution is -0.384. The van der Waals surface area contributed by atoms with E-state index in [1.165, 1.54) is 35.2 Å². The van der Waals surface area contributed by atoms with Crippen LogP contribution in [0.2, 0.25) is 0 Å². The van der Waals surface area contributed by atoms with Gasteiger partial charge in [-0.05, 0) is 54.6 Å². The van der Waals surface area contributed by atoms with Crippen molar-refractivity contribution in [3.63, 3.8) is 0 Å². The number of amides is 2. The highest BCUT2D eigenvalue weighted by Crippen LogP contribution is 2.29. The van der Waals surface area contributed by atoms with E-state index in [9.17, 15) is 19.7 Å². The molecule has 0 spiro atoms. The van der Waals surface area contributed by atoms with E-state index >= 15 is 0 Å². The summed E-state index contributed by atoms with van der Waals surface area (Å²) in [6.07, 6.45) is 0.592. The molecule has 2 amide bonds. The summed E-state index contributed by atoms with van der Waals surface area (Å²) in [5.41, 5.74) is 1.82. The minimum Gasteiger partial charge on any atom is -0.325 e. The van der Waals surface area contributed by atoms with E-state index in [1.807, 2.05) is 36.6 Å². The summed E-state index contributed by atoms with van der Waals surface area (Å²) < 4.78 is 0. The summed E-state index contributed by atoms with van der Waals surface area (Å²) in [7, 11) is 0. The molecule has 0 aliphatic heterocycles. The smallest absolute Gasteiger partial charge is 0.269 e. The maximum atomic E-state index is 12.8. The molecule has 0 aliphatic rings. The molecule has 0 radical (unpaired) electrons. The van der Waals surface area contributed by atoms with Crippen LogP contribution in [-0.4, -0.2) is 22.0 Å². The number of hydrogen-bond donors (Lipinski definition) is 2. The minimum atomic E-state index is -0.465. The Labute approximate surface area is 188 Å². The zero-order chi connectivity index (χ0) is 22.4. The van der Waals surface area contributed by atoms with Crippen molar-refractivity contribution in [2.75, 3.05) is 10.6 Å². The SMILES string of the molecule is CCC(Sc1cccc(NC(=O)c2cccs2)c1)C(=O)Nc1ccc([N+](=O)[O-])cc1C. The lowest BCUT2D eigenvalue weighted by Crippen LogP contribution is -2.25. The van der Waals surface area contributed by atoms with Crippen molar-refractivity contribution < 1.29 is 14.5 Å². The quantitative estimate of drug-likeness (QED) is 0.257. The largest absolute Gasteiger partial charge is 0.325 e. The van der Waals surface area contributed by atoms with E-state index < -0.39 is 4.92 Å². The minimum absolute atomic E-state index is 0.0154. The Morgan fingerprint density at radius 2 is 1.94 bits per heavy atom. The molecule has 0 aliphatic carbocycles. The first-order valence-corrected chi connectivity index (χ1v) is 11.3. The molecule has 7 nitrogen and oxygen atoms in total. The average Bonchev–Trinajstić information content (AvgIpc) is 3.28. The number of anilines is 2. The first-order valence-electron chi connectivity index (χ1n) is 9.55. The number of thiophene rings is 1. The molecule has 0 saturated heterocycles. The highest BCUT2D eigenvalue weighted by atomic mass is 32.2. The van der Waals surface area contributed by atoms with Gasteiger partial charge >= 0.3 is 0 Å². The summed E-state index contributed by atoms with van der Waals surface area (Å²) in [6.45, 7) is 3.64. The van der Waals surface area contributed by atoms with Gasteiger partial charge in [-0.2, -0.15) is 0 Å². The van der Waals surface area contributed by atoms with Crippen molar-refractivity contribution in [3.8, 4) is 0 Å². The molecule has 1 unspecified atom stereocenters. The van der Waals surface area contributed by atoms with Gasteiger partial charge in [0.05, 0.1) is 15.1 Å². The number of nitrogens with one attached hydrogen (secondary N) is 2. The van der Waals surface area contributed by atoms with Gasteiger partial charge in [0, 0.05) is 28.4 Å². The number of non-ortho nitro benzene ring substituents is 1.